The number of hydrogen-bond acceptors (Lipinski definition) is 4. The molecule has 0 bridgehead atoms. The molecule has 0 radical (unpaired) electrons. The SMILES string of the molecule is C1=CCNCC1.COc1cc(C)nc(C)n1. The molecule has 1 aliphatic heterocycles. The Morgan fingerprint density at radius 1 is 1.25 bits per heavy atom. The first-order valence-electron chi connectivity index (χ1n) is 5.44. The average Bonchev–Trinajstić information content (AvgIpc) is 2.31. The van der Waals surface area contributed by atoms with Crippen LogP contribution in [0.5, 0.6) is 5.88 Å². The van der Waals surface area contributed by atoms with Gasteiger partial charge >= 0.3 is 0 Å². The number of nitrogens with one attached hydrogen (secondary N) is 1. The summed E-state index contributed by atoms with van der Waals surface area (Å²) in [6.45, 7) is 5.99. The summed E-state index contributed by atoms with van der Waals surface area (Å²) < 4.78 is 4.92. The van der Waals surface area contributed by atoms with Crippen LogP contribution in [0.1, 0.15) is 17.9 Å². The van der Waals surface area contributed by atoms with E-state index in [1.807, 2.05) is 13.8 Å². The van der Waals surface area contributed by atoms with Crippen LogP contribution in [0.15, 0.2) is 18.2 Å². The zero-order valence-electron chi connectivity index (χ0n) is 10.2. The van der Waals surface area contributed by atoms with Crippen molar-refractivity contribution in [3.63, 3.8) is 0 Å². The largest absolute Gasteiger partial charge is 0.481 e. The number of rotatable bonds is 1. The molecule has 0 aliphatic carbocycles. The third-order valence-corrected chi connectivity index (χ3v) is 2.07. The van der Waals surface area contributed by atoms with Crippen molar-refractivity contribution in [1.82, 2.24) is 15.3 Å². The van der Waals surface area contributed by atoms with E-state index in [1.165, 1.54) is 6.42 Å². The third-order valence-electron chi connectivity index (χ3n) is 2.07. The maximum absolute atomic E-state index is 4.92. The quantitative estimate of drug-likeness (QED) is 0.732. The molecule has 0 saturated heterocycles. The van der Waals surface area contributed by atoms with Crippen molar-refractivity contribution in [3.8, 4) is 5.88 Å². The van der Waals surface area contributed by atoms with Gasteiger partial charge in [-0.05, 0) is 26.8 Å². The second-order valence-corrected chi connectivity index (χ2v) is 3.56. The van der Waals surface area contributed by atoms with Gasteiger partial charge in [0.05, 0.1) is 7.11 Å². The van der Waals surface area contributed by atoms with Crippen LogP contribution in [-0.4, -0.2) is 30.2 Å². The molecular formula is C12H19N3O. The van der Waals surface area contributed by atoms with Crippen LogP contribution in [0, 0.1) is 13.8 Å². The molecule has 0 spiro atoms. The lowest BCUT2D eigenvalue weighted by atomic mass is 10.3. The smallest absolute Gasteiger partial charge is 0.216 e. The molecule has 88 valence electrons. The highest BCUT2D eigenvalue weighted by molar-refractivity contribution is 5.14. The molecule has 0 atom stereocenters. The Hall–Kier alpha value is -1.42. The maximum Gasteiger partial charge on any atom is 0.216 e. The van der Waals surface area contributed by atoms with Crippen molar-refractivity contribution < 1.29 is 4.74 Å². The summed E-state index contributed by atoms with van der Waals surface area (Å²) in [6, 6.07) is 1.80. The molecular weight excluding hydrogens is 202 g/mol. The van der Waals surface area contributed by atoms with E-state index in [1.54, 1.807) is 13.2 Å². The van der Waals surface area contributed by atoms with E-state index in [-0.39, 0.29) is 0 Å². The Balaban J connectivity index is 0.000000181. The van der Waals surface area contributed by atoms with Crippen LogP contribution < -0.4 is 10.1 Å². The van der Waals surface area contributed by atoms with E-state index >= 15 is 0 Å². The molecule has 0 fully saturated rings. The topological polar surface area (TPSA) is 47.0 Å². The molecule has 4 heteroatoms. The van der Waals surface area contributed by atoms with Crippen molar-refractivity contribution >= 4 is 0 Å². The fourth-order valence-electron chi connectivity index (χ4n) is 1.36. The number of hydrogen-bond donors (Lipinski definition) is 1. The molecule has 4 nitrogen and oxygen atoms in total. The highest BCUT2D eigenvalue weighted by Gasteiger charge is 1.95. The molecule has 1 N–H and O–H groups in total. The molecule has 2 rings (SSSR count). The minimum absolute atomic E-state index is 0.630. The predicted molar refractivity (Wildman–Crippen MR) is 64.7 cm³/mol. The molecule has 1 aliphatic rings. The highest BCUT2D eigenvalue weighted by Crippen LogP contribution is 2.06. The van der Waals surface area contributed by atoms with Crippen LogP contribution in [0.2, 0.25) is 0 Å². The van der Waals surface area contributed by atoms with Gasteiger partial charge in [-0.2, -0.15) is 4.98 Å². The maximum atomic E-state index is 4.92. The Morgan fingerprint density at radius 2 is 2.06 bits per heavy atom. The number of methoxy groups -OCH3 is 1. The van der Waals surface area contributed by atoms with E-state index in [0.717, 1.165) is 24.6 Å². The monoisotopic (exact) mass is 221 g/mol. The zero-order chi connectivity index (χ0) is 11.8. The average molecular weight is 221 g/mol. The Bertz CT molecular complexity index is 322. The van der Waals surface area contributed by atoms with Gasteiger partial charge in [0.1, 0.15) is 5.82 Å². The number of aromatic nitrogens is 2. The summed E-state index contributed by atoms with van der Waals surface area (Å²) in [4.78, 5) is 8.11. The molecule has 0 unspecified atom stereocenters. The van der Waals surface area contributed by atoms with Gasteiger partial charge in [0.15, 0.2) is 0 Å². The Labute approximate surface area is 96.8 Å². The van der Waals surface area contributed by atoms with Gasteiger partial charge in [-0.3, -0.25) is 0 Å². The normalized spacial score (nSPS) is 13.9. The molecule has 16 heavy (non-hydrogen) atoms. The van der Waals surface area contributed by atoms with Crippen molar-refractivity contribution in [3.05, 3.63) is 29.7 Å². The van der Waals surface area contributed by atoms with Gasteiger partial charge in [0, 0.05) is 18.3 Å². The molecule has 0 aromatic carbocycles. The van der Waals surface area contributed by atoms with Gasteiger partial charge in [-0.25, -0.2) is 4.98 Å². The van der Waals surface area contributed by atoms with Crippen LogP contribution in [0.25, 0.3) is 0 Å². The van der Waals surface area contributed by atoms with E-state index in [4.69, 9.17) is 4.74 Å². The molecule has 1 aromatic rings. The van der Waals surface area contributed by atoms with Gasteiger partial charge in [-0.1, -0.05) is 12.2 Å². The van der Waals surface area contributed by atoms with Gasteiger partial charge in [-0.15, -0.1) is 0 Å². The standard InChI is InChI=1S/C7H10N2O.C5H9N/c1-5-4-7(10-3)9-6(2)8-5;1-2-4-6-5-3-1/h4H,1-3H3;1-2,6H,3-5H2. The number of aryl methyl sites for hydroxylation is 2. The second kappa shape index (κ2) is 6.95. The minimum atomic E-state index is 0.630. The summed E-state index contributed by atoms with van der Waals surface area (Å²) in [6.07, 6.45) is 5.57. The van der Waals surface area contributed by atoms with Crippen molar-refractivity contribution in [2.75, 3.05) is 20.2 Å². The van der Waals surface area contributed by atoms with Crippen LogP contribution in [0.4, 0.5) is 0 Å². The first-order chi connectivity index (χ1) is 7.72. The minimum Gasteiger partial charge on any atom is -0.481 e. The Kier molecular flexibility index (Phi) is 5.50. The van der Waals surface area contributed by atoms with Crippen molar-refractivity contribution in [2.24, 2.45) is 0 Å². The first-order valence-corrected chi connectivity index (χ1v) is 5.44. The van der Waals surface area contributed by atoms with Gasteiger partial charge in [0.2, 0.25) is 5.88 Å². The Morgan fingerprint density at radius 3 is 2.44 bits per heavy atom. The fraction of sp³-hybridized carbons (Fsp3) is 0.500. The van der Waals surface area contributed by atoms with Crippen LogP contribution in [0.3, 0.4) is 0 Å². The highest BCUT2D eigenvalue weighted by atomic mass is 16.5. The van der Waals surface area contributed by atoms with Crippen molar-refractivity contribution in [2.45, 2.75) is 20.3 Å². The van der Waals surface area contributed by atoms with E-state index in [2.05, 4.69) is 27.4 Å². The first kappa shape index (κ1) is 12.6. The third kappa shape index (κ3) is 4.89. The lowest BCUT2D eigenvalue weighted by Crippen LogP contribution is -2.17. The van der Waals surface area contributed by atoms with Crippen LogP contribution >= 0.6 is 0 Å². The van der Waals surface area contributed by atoms with Crippen molar-refractivity contribution in [1.29, 1.82) is 0 Å². The predicted octanol–water partition coefficient (Wildman–Crippen LogP) is 1.64. The lowest BCUT2D eigenvalue weighted by Gasteiger charge is -2.01. The summed E-state index contributed by atoms with van der Waals surface area (Å²) >= 11 is 0. The number of nitrogens with zero attached hydrogens (tertiary/aromatic N) is 2. The molecule has 0 amide bonds. The second-order valence-electron chi connectivity index (χ2n) is 3.56. The fourth-order valence-corrected chi connectivity index (χ4v) is 1.36. The molecule has 0 saturated carbocycles. The van der Waals surface area contributed by atoms with Crippen LogP contribution in [-0.2, 0) is 0 Å². The zero-order valence-corrected chi connectivity index (χ0v) is 10.2. The van der Waals surface area contributed by atoms with Gasteiger partial charge < -0.3 is 10.1 Å². The van der Waals surface area contributed by atoms with E-state index < -0.39 is 0 Å². The van der Waals surface area contributed by atoms with Gasteiger partial charge in [0.25, 0.3) is 0 Å². The summed E-state index contributed by atoms with van der Waals surface area (Å²) in [5.41, 5.74) is 0.935. The lowest BCUT2D eigenvalue weighted by molar-refractivity contribution is 0.395. The molecule has 1 aromatic heterocycles. The summed E-state index contributed by atoms with van der Waals surface area (Å²) in [5, 5.41) is 3.20. The van der Waals surface area contributed by atoms with E-state index in [9.17, 15) is 0 Å². The number of ether oxygens (including phenoxy) is 1. The summed E-state index contributed by atoms with van der Waals surface area (Å²) in [7, 11) is 1.60. The molecule has 2 heterocycles. The van der Waals surface area contributed by atoms with E-state index in [0.29, 0.717) is 5.88 Å². The summed E-state index contributed by atoms with van der Waals surface area (Å²) in [5.74, 6) is 1.38.